The standard InChI is InChI=1S/C46H24N2O4/c49-43-33-13-5-1-9-29(33)37-21-27(22-38-30-10-2-6-14-34(30)44(50)47(43)41(37)38)25-17-19-26(20-18-25)28-23-39-31-11-3-7-15-35(31)45(51)48-42(39)40(24-28)32-12-4-8-16-36(32)46(48)52/h1-24H. The van der Waals surface area contributed by atoms with Crippen LogP contribution in [0.4, 0.5) is 0 Å². The molecule has 0 atom stereocenters. The molecule has 0 N–H and O–H groups in total. The van der Waals surface area contributed by atoms with E-state index in [1.807, 2.05) is 72.8 Å². The molecule has 0 aliphatic rings. The summed E-state index contributed by atoms with van der Waals surface area (Å²) in [7, 11) is 0. The average molecular weight is 669 g/mol. The Morgan fingerprint density at radius 3 is 0.731 bits per heavy atom. The third kappa shape index (κ3) is 3.67. The molecule has 0 spiro atoms. The molecule has 52 heavy (non-hydrogen) atoms. The number of nitrogens with zero attached hydrogens (tertiary/aromatic N) is 2. The van der Waals surface area contributed by atoms with Crippen LogP contribution in [0.2, 0.25) is 0 Å². The van der Waals surface area contributed by atoms with Crippen molar-refractivity contribution in [2.45, 2.75) is 0 Å². The molecule has 11 rings (SSSR count). The van der Waals surface area contributed by atoms with Crippen LogP contribution >= 0.6 is 0 Å². The van der Waals surface area contributed by atoms with Crippen LogP contribution < -0.4 is 22.2 Å². The van der Waals surface area contributed by atoms with Crippen LogP contribution in [0.3, 0.4) is 0 Å². The van der Waals surface area contributed by atoms with Crippen LogP contribution in [0.1, 0.15) is 0 Å². The molecule has 0 amide bonds. The number of hydrogen-bond donors (Lipinski definition) is 0. The summed E-state index contributed by atoms with van der Waals surface area (Å²) in [5, 5.41) is 8.60. The molecule has 11 aromatic rings. The highest BCUT2D eigenvalue weighted by Gasteiger charge is 2.20. The Labute approximate surface area is 293 Å². The lowest BCUT2D eigenvalue weighted by Crippen LogP contribution is -2.27. The molecule has 7 aromatic carbocycles. The van der Waals surface area contributed by atoms with E-state index in [4.69, 9.17) is 0 Å². The molecule has 242 valence electrons. The number of benzene rings is 7. The predicted molar refractivity (Wildman–Crippen MR) is 212 cm³/mol. The molecule has 0 saturated heterocycles. The normalized spacial score (nSPS) is 12.2. The Hall–Kier alpha value is -7.18. The van der Waals surface area contributed by atoms with E-state index in [1.54, 1.807) is 24.3 Å². The molecule has 0 saturated carbocycles. The van der Waals surface area contributed by atoms with Crippen molar-refractivity contribution >= 4 is 75.7 Å². The van der Waals surface area contributed by atoms with Crippen molar-refractivity contribution < 1.29 is 0 Å². The first kappa shape index (κ1) is 28.6. The Morgan fingerprint density at radius 2 is 0.481 bits per heavy atom. The lowest BCUT2D eigenvalue weighted by Gasteiger charge is -2.16. The summed E-state index contributed by atoms with van der Waals surface area (Å²) < 4.78 is 2.67. The fourth-order valence-electron chi connectivity index (χ4n) is 8.45. The highest BCUT2D eigenvalue weighted by molar-refractivity contribution is 6.21. The third-order valence-corrected chi connectivity index (χ3v) is 10.8. The first-order chi connectivity index (χ1) is 25.5. The maximum atomic E-state index is 13.7. The van der Waals surface area contributed by atoms with Crippen molar-refractivity contribution in [2.75, 3.05) is 0 Å². The van der Waals surface area contributed by atoms with Crippen molar-refractivity contribution in [3.8, 4) is 22.3 Å². The molecule has 0 aliphatic heterocycles. The minimum Gasteiger partial charge on any atom is -0.268 e. The highest BCUT2D eigenvalue weighted by atomic mass is 16.2. The fourth-order valence-corrected chi connectivity index (χ4v) is 8.45. The number of fused-ring (bicyclic) bond motifs is 8. The Bertz CT molecular complexity index is 3160. The van der Waals surface area contributed by atoms with Crippen LogP contribution in [0, 0.1) is 0 Å². The van der Waals surface area contributed by atoms with Crippen LogP contribution in [0.25, 0.3) is 97.9 Å². The SMILES string of the molecule is O=c1c2ccccc2c2cc(-c3ccc(-c4cc5c6ccccc6c(=O)n6c(=O)c7ccccc7c(c4)c56)cc3)cc3c4ccccc4c(=O)n1c23. The third-order valence-electron chi connectivity index (χ3n) is 10.8. The zero-order valence-electron chi connectivity index (χ0n) is 27.4. The summed E-state index contributed by atoms with van der Waals surface area (Å²) in [6, 6.07) is 46.5. The van der Waals surface area contributed by atoms with E-state index in [0.717, 1.165) is 65.3 Å². The van der Waals surface area contributed by atoms with Gasteiger partial charge in [0.15, 0.2) is 0 Å². The second-order valence-electron chi connectivity index (χ2n) is 13.5. The summed E-state index contributed by atoms with van der Waals surface area (Å²) in [6.07, 6.45) is 0. The van der Waals surface area contributed by atoms with E-state index in [0.29, 0.717) is 32.6 Å². The van der Waals surface area contributed by atoms with Crippen molar-refractivity contribution in [3.05, 3.63) is 187 Å². The van der Waals surface area contributed by atoms with E-state index < -0.39 is 0 Å². The average Bonchev–Trinajstić information content (AvgIpc) is 3.20. The lowest BCUT2D eigenvalue weighted by atomic mass is 9.92. The van der Waals surface area contributed by atoms with Gasteiger partial charge in [-0.2, -0.15) is 0 Å². The van der Waals surface area contributed by atoms with Gasteiger partial charge in [-0.25, -0.2) is 8.80 Å². The summed E-state index contributed by atoms with van der Waals surface area (Å²) in [5.41, 5.74) is 3.89. The van der Waals surface area contributed by atoms with Gasteiger partial charge in [-0.05, 0) is 92.3 Å². The Balaban J connectivity index is 1.17. The van der Waals surface area contributed by atoms with Crippen molar-refractivity contribution in [1.29, 1.82) is 0 Å². The van der Waals surface area contributed by atoms with E-state index in [2.05, 4.69) is 48.5 Å². The molecular weight excluding hydrogens is 645 g/mol. The van der Waals surface area contributed by atoms with Gasteiger partial charge < -0.3 is 0 Å². The molecule has 4 heterocycles. The van der Waals surface area contributed by atoms with Gasteiger partial charge in [0.25, 0.3) is 22.2 Å². The number of aromatic nitrogens is 2. The largest absolute Gasteiger partial charge is 0.268 e. The van der Waals surface area contributed by atoms with E-state index in [1.165, 1.54) is 8.80 Å². The van der Waals surface area contributed by atoms with Gasteiger partial charge in [0, 0.05) is 43.1 Å². The van der Waals surface area contributed by atoms with Crippen molar-refractivity contribution in [1.82, 2.24) is 8.80 Å². The molecule has 0 unspecified atom stereocenters. The summed E-state index contributed by atoms with van der Waals surface area (Å²) >= 11 is 0. The van der Waals surface area contributed by atoms with Crippen LogP contribution in [0.15, 0.2) is 165 Å². The van der Waals surface area contributed by atoms with Gasteiger partial charge in [0.1, 0.15) is 0 Å². The molecule has 4 aromatic heterocycles. The van der Waals surface area contributed by atoms with Gasteiger partial charge in [-0.15, -0.1) is 0 Å². The summed E-state index contributed by atoms with van der Waals surface area (Å²) in [6.45, 7) is 0. The van der Waals surface area contributed by atoms with Crippen molar-refractivity contribution in [2.24, 2.45) is 0 Å². The number of pyridine rings is 4. The second kappa shape index (κ2) is 10.2. The zero-order valence-corrected chi connectivity index (χ0v) is 27.4. The van der Waals surface area contributed by atoms with Crippen molar-refractivity contribution in [3.63, 3.8) is 0 Å². The fraction of sp³-hybridized carbons (Fsp3) is 0. The summed E-state index contributed by atoms with van der Waals surface area (Å²) in [4.78, 5) is 55.0. The van der Waals surface area contributed by atoms with Gasteiger partial charge in [-0.3, -0.25) is 19.2 Å². The first-order valence-electron chi connectivity index (χ1n) is 17.1. The van der Waals surface area contributed by atoms with Gasteiger partial charge in [-0.1, -0.05) is 97.1 Å². The zero-order chi connectivity index (χ0) is 34.8. The maximum Gasteiger partial charge on any atom is 0.266 e. The second-order valence-corrected chi connectivity index (χ2v) is 13.5. The molecule has 0 bridgehead atoms. The predicted octanol–water partition coefficient (Wildman–Crippen LogP) is 8.76. The molecule has 6 nitrogen and oxygen atoms in total. The Morgan fingerprint density at radius 1 is 0.250 bits per heavy atom. The molecule has 6 heteroatoms. The molecule has 0 radical (unpaired) electrons. The lowest BCUT2D eigenvalue weighted by molar-refractivity contribution is 1.09. The minimum absolute atomic E-state index is 0.313. The topological polar surface area (TPSA) is 77.1 Å². The number of rotatable bonds is 2. The minimum atomic E-state index is -0.313. The maximum absolute atomic E-state index is 13.7. The molecular formula is C46H24N2O4. The quantitative estimate of drug-likeness (QED) is 0.136. The first-order valence-corrected chi connectivity index (χ1v) is 17.1. The van der Waals surface area contributed by atoms with Gasteiger partial charge >= 0.3 is 0 Å². The smallest absolute Gasteiger partial charge is 0.266 e. The Kier molecular flexibility index (Phi) is 5.61. The van der Waals surface area contributed by atoms with Crippen LogP contribution in [-0.4, -0.2) is 8.80 Å². The molecule has 0 aliphatic carbocycles. The van der Waals surface area contributed by atoms with Gasteiger partial charge in [0.05, 0.1) is 11.0 Å². The van der Waals surface area contributed by atoms with Crippen LogP contribution in [0.5, 0.6) is 0 Å². The van der Waals surface area contributed by atoms with Crippen LogP contribution in [-0.2, 0) is 0 Å². The highest BCUT2D eigenvalue weighted by Crippen LogP contribution is 2.38. The van der Waals surface area contributed by atoms with Gasteiger partial charge in [0.2, 0.25) is 0 Å². The van der Waals surface area contributed by atoms with E-state index in [-0.39, 0.29) is 22.2 Å². The van der Waals surface area contributed by atoms with E-state index >= 15 is 0 Å². The van der Waals surface area contributed by atoms with E-state index in [9.17, 15) is 19.2 Å². The monoisotopic (exact) mass is 668 g/mol. The summed E-state index contributed by atoms with van der Waals surface area (Å²) in [5.74, 6) is 0. The molecule has 0 fully saturated rings. The number of hydrogen-bond acceptors (Lipinski definition) is 4.